The van der Waals surface area contributed by atoms with Crippen LogP contribution in [0.25, 0.3) is 0 Å². The van der Waals surface area contributed by atoms with E-state index in [1.54, 1.807) is 84.9 Å². The Hall–Kier alpha value is -9.55. The number of amidine groups is 5. The van der Waals surface area contributed by atoms with Crippen molar-refractivity contribution >= 4 is 86.1 Å². The molecule has 0 radical (unpaired) electrons. The largest absolute Gasteiger partial charge is 0.360 e. The first-order valence-corrected chi connectivity index (χ1v) is 47.8. The van der Waals surface area contributed by atoms with E-state index in [-0.39, 0.29) is 53.1 Å². The fraction of sp³-hybridized carbons (Fsp3) is 0.653. The van der Waals surface area contributed by atoms with E-state index >= 15 is 0 Å². The van der Waals surface area contributed by atoms with Crippen LogP contribution in [-0.4, -0.2) is 142 Å². The Morgan fingerprint density at radius 2 is 0.817 bits per heavy atom. The van der Waals surface area contributed by atoms with Gasteiger partial charge in [-0.3, -0.25) is 50.6 Å². The fourth-order valence-electron chi connectivity index (χ4n) is 26.7. The highest BCUT2D eigenvalue weighted by Gasteiger charge is 2.67. The summed E-state index contributed by atoms with van der Waals surface area (Å²) < 4.78 is 0. The molecule has 25 heteroatoms. The second-order valence-corrected chi connectivity index (χ2v) is 43.9. The topological polar surface area (TPSA) is 294 Å². The van der Waals surface area contributed by atoms with E-state index in [2.05, 4.69) is 115 Å². The van der Waals surface area contributed by atoms with Crippen LogP contribution in [0, 0.1) is 220 Å². The average molecular weight is 1720 g/mol. The minimum atomic E-state index is -0.346. The summed E-state index contributed by atoms with van der Waals surface area (Å²) in [7, 11) is 0. The molecule has 676 valence electrons. The molecule has 126 heavy (non-hydrogen) atoms. The summed E-state index contributed by atoms with van der Waals surface area (Å²) >= 11 is 0. The van der Waals surface area contributed by atoms with Crippen molar-refractivity contribution in [3.8, 4) is 0 Å². The molecule has 0 amide bonds. The molecule has 5 aromatic carbocycles. The Balaban J connectivity index is 0.000000116. The van der Waals surface area contributed by atoms with Gasteiger partial charge in [0.2, 0.25) is 0 Å². The molecule has 10 aliphatic carbocycles. The second kappa shape index (κ2) is 35.5. The highest BCUT2D eigenvalue weighted by atomic mass is 16.6. The van der Waals surface area contributed by atoms with Crippen molar-refractivity contribution in [3.63, 3.8) is 0 Å². The SMILES string of the molecule is Cc1cc([N+](=O)[O-])ccc1N=C1C2C(CCN1CC(C)C)CC1(C)CCC(C)(C)C21.Cc1cc([N+](=O)[O-])ccc1N=C1C2C3CC(CC32)N1CC(C)C.Cc1cc([N+](=O)[O-])ccc1N=C1C2CC(CN1CC(C)C)C1CC21.Cc1cc([N+](=O)[O-])ccc1N=C1C2CC3C(C2)C3N1CC(C)C.Cc1cc([N+](=O)[O-])ccc1N=C1CCC2C3CCC(C3)C2N1CC(C)C. The van der Waals surface area contributed by atoms with Gasteiger partial charge in [0, 0.05) is 155 Å². The first-order chi connectivity index (χ1) is 59.8. The molecule has 0 aromatic heterocycles. The third-order valence-corrected chi connectivity index (χ3v) is 31.9. The van der Waals surface area contributed by atoms with Crippen LogP contribution >= 0.6 is 0 Å². The van der Waals surface area contributed by atoms with Gasteiger partial charge in [-0.2, -0.15) is 0 Å². The lowest BCUT2D eigenvalue weighted by molar-refractivity contribution is -0.385. The van der Waals surface area contributed by atoms with Gasteiger partial charge < -0.3 is 24.5 Å². The van der Waals surface area contributed by atoms with Crippen molar-refractivity contribution < 1.29 is 24.6 Å². The summed E-state index contributed by atoms with van der Waals surface area (Å²) in [4.78, 5) is 91.2. The Morgan fingerprint density at radius 3 is 1.29 bits per heavy atom. The van der Waals surface area contributed by atoms with Crippen LogP contribution in [-0.2, 0) is 0 Å². The molecule has 7 heterocycles. The molecule has 0 N–H and O–H groups in total. The predicted molar refractivity (Wildman–Crippen MR) is 500 cm³/mol. The maximum absolute atomic E-state index is 11.2. The molecule has 7 aliphatic heterocycles. The average Bonchev–Trinajstić information content (AvgIpc) is 1.53. The molecule has 25 nitrogen and oxygen atoms in total. The van der Waals surface area contributed by atoms with Gasteiger partial charge in [-0.1, -0.05) is 90.0 Å². The minimum Gasteiger partial charge on any atom is -0.360 e. The number of hydrogen-bond donors (Lipinski definition) is 0. The van der Waals surface area contributed by atoms with E-state index in [1.165, 1.54) is 119 Å². The highest BCUT2D eigenvalue weighted by Crippen LogP contribution is 2.69. The molecule has 10 saturated carbocycles. The smallest absolute Gasteiger partial charge is 0.269 e. The molecule has 5 aromatic rings. The van der Waals surface area contributed by atoms with E-state index in [4.69, 9.17) is 25.0 Å². The number of fused-ring (bicyclic) bond motifs is 15. The molecule has 12 bridgehead atoms. The van der Waals surface area contributed by atoms with Crippen molar-refractivity contribution in [1.29, 1.82) is 0 Å². The summed E-state index contributed by atoms with van der Waals surface area (Å²) in [6, 6.07) is 27.1. The van der Waals surface area contributed by atoms with E-state index in [9.17, 15) is 50.6 Å². The van der Waals surface area contributed by atoms with Crippen molar-refractivity contribution in [2.75, 3.05) is 45.8 Å². The third kappa shape index (κ3) is 18.2. The lowest BCUT2D eigenvalue weighted by Crippen LogP contribution is -2.52. The minimum absolute atomic E-state index is 0.139. The summed E-state index contributed by atoms with van der Waals surface area (Å²) in [6.07, 6.45) is 19.6. The normalized spacial score (nSPS) is 32.7. The number of nitrogens with zero attached hydrogens (tertiary/aromatic N) is 15. The summed E-state index contributed by atoms with van der Waals surface area (Å²) in [5.41, 5.74) is 10.3. The van der Waals surface area contributed by atoms with Crippen LogP contribution in [0.1, 0.15) is 214 Å². The number of likely N-dealkylation sites (tertiary alicyclic amines) is 3. The molecule has 16 unspecified atom stereocenters. The summed E-state index contributed by atoms with van der Waals surface area (Å²) in [5.74, 6) is 21.6. The first-order valence-electron chi connectivity index (χ1n) is 47.8. The van der Waals surface area contributed by atoms with Gasteiger partial charge in [0.25, 0.3) is 28.4 Å². The zero-order valence-corrected chi connectivity index (χ0v) is 77.9. The van der Waals surface area contributed by atoms with Crippen LogP contribution in [0.3, 0.4) is 0 Å². The van der Waals surface area contributed by atoms with Gasteiger partial charge in [-0.15, -0.1) is 0 Å². The Kier molecular flexibility index (Phi) is 25.3. The molecule has 0 spiro atoms. The van der Waals surface area contributed by atoms with Crippen molar-refractivity contribution in [2.45, 2.75) is 239 Å². The Morgan fingerprint density at radius 1 is 0.381 bits per heavy atom. The molecular weight excluding hydrogens is 1580 g/mol. The molecule has 17 aliphatic rings. The third-order valence-electron chi connectivity index (χ3n) is 31.9. The van der Waals surface area contributed by atoms with Gasteiger partial charge >= 0.3 is 0 Å². The number of hydrogen-bond acceptors (Lipinski definition) is 15. The Bertz CT molecular complexity index is 5070. The van der Waals surface area contributed by atoms with Crippen molar-refractivity contribution in [1.82, 2.24) is 24.5 Å². The second-order valence-electron chi connectivity index (χ2n) is 43.9. The van der Waals surface area contributed by atoms with E-state index in [1.807, 2.05) is 40.7 Å². The number of nitro groups is 5. The molecule has 22 rings (SSSR count). The number of benzene rings is 5. The lowest BCUT2D eigenvalue weighted by Gasteiger charge is -2.46. The van der Waals surface area contributed by atoms with Crippen LogP contribution in [0.15, 0.2) is 116 Å². The molecule has 17 fully saturated rings. The first kappa shape index (κ1) is 89.8. The highest BCUT2D eigenvalue weighted by molar-refractivity contribution is 5.94. The van der Waals surface area contributed by atoms with Crippen LogP contribution in [0.2, 0.25) is 0 Å². The maximum atomic E-state index is 11.2. The summed E-state index contributed by atoms with van der Waals surface area (Å²) in [5, 5.41) is 54.9. The quantitative estimate of drug-likeness (QED) is 0.0517. The van der Waals surface area contributed by atoms with E-state index in [0.717, 1.165) is 168 Å². The lowest BCUT2D eigenvalue weighted by atomic mass is 9.68. The maximum Gasteiger partial charge on any atom is 0.269 e. The van der Waals surface area contributed by atoms with Crippen LogP contribution in [0.4, 0.5) is 56.9 Å². The van der Waals surface area contributed by atoms with E-state index in [0.29, 0.717) is 94.1 Å². The molecule has 16 atom stereocenters. The number of nitro benzene ring substituents is 5. The van der Waals surface area contributed by atoms with Crippen LogP contribution in [0.5, 0.6) is 0 Å². The number of aryl methyl sites for hydroxylation is 5. The number of aliphatic imine (C=N–C) groups is 5. The number of piperidine rings is 7. The molecular formula is C101H137N15O10. The Labute approximate surface area is 745 Å². The fourth-order valence-corrected chi connectivity index (χ4v) is 26.7. The molecule has 7 saturated heterocycles. The van der Waals surface area contributed by atoms with Gasteiger partial charge in [-0.05, 0) is 294 Å². The van der Waals surface area contributed by atoms with Crippen molar-refractivity contribution in [3.05, 3.63) is 169 Å². The van der Waals surface area contributed by atoms with Crippen molar-refractivity contribution in [2.24, 2.45) is 160 Å². The van der Waals surface area contributed by atoms with Crippen LogP contribution < -0.4 is 0 Å². The monoisotopic (exact) mass is 1720 g/mol. The zero-order chi connectivity index (χ0) is 89.9. The zero-order valence-electron chi connectivity index (χ0n) is 77.9. The van der Waals surface area contributed by atoms with E-state index < -0.39 is 0 Å². The predicted octanol–water partition coefficient (Wildman–Crippen LogP) is 23.5. The van der Waals surface area contributed by atoms with Gasteiger partial charge in [0.15, 0.2) is 0 Å². The van der Waals surface area contributed by atoms with Gasteiger partial charge in [-0.25, -0.2) is 25.0 Å². The number of non-ortho nitro benzene ring substituents is 5. The van der Waals surface area contributed by atoms with Gasteiger partial charge in [0.1, 0.15) is 29.2 Å². The number of rotatable bonds is 20. The van der Waals surface area contributed by atoms with Gasteiger partial charge in [0.05, 0.1) is 53.1 Å². The standard InChI is InChI=1S/C25H37N3O2.C21H29N3O2.C19H25N3O2.2C18H23N3O2/c1-16(2)15-27-12-9-18-14-25(6)11-10-24(4,5)22(25)21(18)23(27)26-20-8-7-19(28(29)30)13-17(20)3;1-13(2)12-23-20(9-7-18-15-4-5-16(11-15)21(18)23)22-19-8-6-17(24(25)26)10-14(19)3;1-11(2)9-21-10-13-7-17(16-8-15(13)16)19(21)20-18-5-4-14(22(23)24)6-12(18)3;1-10(2)9-20-17-14-7-12(8-15(14)17)18(20)19-16-5-4-13(21(22)23)6-11(16)3;1-10(2)9-20-13-7-14-15(8-13)17(14)18(20)19-16-5-4-12(21(22)23)6-11(16)3/h7-8,13,16,18,21-22H,9-12,14-15H2,1-6H3;6,8,10,13,15-16,18,21H,4-5,7,9,11-12H2,1-3H3;4-6,11,13,15-17H,7-10H2,1-3H3;4-6,10,12,14-15,17H,7-9H2,1-3H3;4-6,10,13-15,17H,7-9H2,1-3H3. The summed E-state index contributed by atoms with van der Waals surface area (Å²) in [6.45, 7) is 47.2.